The summed E-state index contributed by atoms with van der Waals surface area (Å²) in [5.74, 6) is 0.653. The third kappa shape index (κ3) is 3.21. The van der Waals surface area contributed by atoms with Crippen LogP contribution in [0.1, 0.15) is 45.7 Å². The zero-order valence-corrected chi connectivity index (χ0v) is 17.3. The summed E-state index contributed by atoms with van der Waals surface area (Å²) in [6.45, 7) is 6.36. The van der Waals surface area contributed by atoms with Gasteiger partial charge < -0.3 is 19.8 Å². The van der Waals surface area contributed by atoms with Crippen LogP contribution >= 0.6 is 0 Å². The van der Waals surface area contributed by atoms with Crippen LogP contribution in [0.15, 0.2) is 36.4 Å². The molecule has 0 spiro atoms. The van der Waals surface area contributed by atoms with E-state index in [1.165, 1.54) is 0 Å². The van der Waals surface area contributed by atoms with E-state index in [0.717, 1.165) is 22.4 Å². The Bertz CT molecular complexity index is 1070. The molecule has 156 valence electrons. The van der Waals surface area contributed by atoms with Gasteiger partial charge in [-0.2, -0.15) is 5.10 Å². The van der Waals surface area contributed by atoms with Gasteiger partial charge in [-0.15, -0.1) is 0 Å². The number of benzene rings is 2. The fourth-order valence-electron chi connectivity index (χ4n) is 4.24. The van der Waals surface area contributed by atoms with Gasteiger partial charge in [0.15, 0.2) is 0 Å². The molecule has 4 rings (SSSR count). The summed E-state index contributed by atoms with van der Waals surface area (Å²) in [4.78, 5) is 14.7. The molecule has 0 saturated carbocycles. The van der Waals surface area contributed by atoms with Gasteiger partial charge in [0.2, 0.25) is 0 Å². The Kier molecular flexibility index (Phi) is 5.22. The van der Waals surface area contributed by atoms with Gasteiger partial charge in [0.05, 0.1) is 19.3 Å². The van der Waals surface area contributed by atoms with Gasteiger partial charge in [0, 0.05) is 17.7 Å². The Balaban J connectivity index is 1.88. The zero-order chi connectivity index (χ0) is 21.4. The number of aromatic nitrogens is 2. The molecule has 3 aromatic rings. The number of aliphatic hydroxyl groups excluding tert-OH is 1. The molecule has 1 aliphatic rings. The average Bonchev–Trinajstić information content (AvgIpc) is 3.23. The molecular weight excluding hydrogens is 382 g/mol. The number of carbonyl (C=O) groups excluding carboxylic acids is 1. The molecule has 0 saturated heterocycles. The number of carbonyl (C=O) groups is 1. The van der Waals surface area contributed by atoms with Crippen LogP contribution in [0.2, 0.25) is 0 Å². The molecule has 1 aromatic heterocycles. The second kappa shape index (κ2) is 7.84. The van der Waals surface area contributed by atoms with Gasteiger partial charge in [-0.3, -0.25) is 9.89 Å². The summed E-state index contributed by atoms with van der Waals surface area (Å²) in [5, 5.41) is 27.5. The van der Waals surface area contributed by atoms with Crippen molar-refractivity contribution in [2.75, 3.05) is 19.8 Å². The number of amides is 1. The molecule has 7 nitrogen and oxygen atoms in total. The van der Waals surface area contributed by atoms with Gasteiger partial charge in [0.1, 0.15) is 22.9 Å². The predicted molar refractivity (Wildman–Crippen MR) is 113 cm³/mol. The van der Waals surface area contributed by atoms with Crippen molar-refractivity contribution >= 4 is 5.91 Å². The summed E-state index contributed by atoms with van der Waals surface area (Å²) >= 11 is 0. The first-order valence-electron chi connectivity index (χ1n) is 9.99. The van der Waals surface area contributed by atoms with E-state index in [2.05, 4.69) is 10.2 Å². The Labute approximate surface area is 174 Å². The van der Waals surface area contributed by atoms with Crippen molar-refractivity contribution in [1.82, 2.24) is 15.1 Å². The van der Waals surface area contributed by atoms with E-state index in [9.17, 15) is 15.0 Å². The van der Waals surface area contributed by atoms with Crippen LogP contribution in [0.3, 0.4) is 0 Å². The molecule has 1 unspecified atom stereocenters. The second-order valence-electron chi connectivity index (χ2n) is 7.46. The number of hydrogen-bond acceptors (Lipinski definition) is 5. The van der Waals surface area contributed by atoms with Crippen molar-refractivity contribution in [2.24, 2.45) is 0 Å². The quantitative estimate of drug-likeness (QED) is 0.582. The van der Waals surface area contributed by atoms with Gasteiger partial charge in [-0.25, -0.2) is 0 Å². The maximum atomic E-state index is 13.1. The maximum absolute atomic E-state index is 13.1. The Morgan fingerprint density at radius 1 is 1.20 bits per heavy atom. The fraction of sp³-hybridized carbons (Fsp3) is 0.304. The number of fused-ring (bicyclic) bond motifs is 1. The van der Waals surface area contributed by atoms with Crippen LogP contribution in [0.4, 0.5) is 0 Å². The van der Waals surface area contributed by atoms with Crippen molar-refractivity contribution in [2.45, 2.75) is 26.8 Å². The first-order chi connectivity index (χ1) is 14.5. The normalized spacial score (nSPS) is 15.5. The Hall–Kier alpha value is -3.32. The molecule has 3 N–H and O–H groups in total. The number of H-pyrrole nitrogens is 1. The lowest BCUT2D eigenvalue weighted by atomic mass is 9.93. The zero-order valence-electron chi connectivity index (χ0n) is 17.3. The fourth-order valence-corrected chi connectivity index (χ4v) is 4.24. The molecule has 1 aliphatic heterocycles. The molecule has 0 aliphatic carbocycles. The van der Waals surface area contributed by atoms with Crippen LogP contribution in [-0.2, 0) is 0 Å². The number of phenolic OH excluding ortho intramolecular Hbond substituents is 1. The topological polar surface area (TPSA) is 98.7 Å². The van der Waals surface area contributed by atoms with E-state index in [4.69, 9.17) is 4.74 Å². The highest BCUT2D eigenvalue weighted by Gasteiger charge is 2.42. The third-order valence-corrected chi connectivity index (χ3v) is 5.41. The smallest absolute Gasteiger partial charge is 0.273 e. The number of nitrogens with zero attached hydrogens (tertiary/aromatic N) is 2. The summed E-state index contributed by atoms with van der Waals surface area (Å²) in [6.07, 6.45) is 0. The molecule has 1 amide bonds. The molecule has 2 heterocycles. The van der Waals surface area contributed by atoms with Crippen molar-refractivity contribution in [3.8, 4) is 22.8 Å². The lowest BCUT2D eigenvalue weighted by Crippen LogP contribution is -2.32. The van der Waals surface area contributed by atoms with Gasteiger partial charge >= 0.3 is 0 Å². The minimum absolute atomic E-state index is 0.125. The van der Waals surface area contributed by atoms with Gasteiger partial charge in [-0.1, -0.05) is 18.2 Å². The van der Waals surface area contributed by atoms with Gasteiger partial charge in [0.25, 0.3) is 5.91 Å². The van der Waals surface area contributed by atoms with Crippen LogP contribution in [0.5, 0.6) is 11.5 Å². The largest absolute Gasteiger partial charge is 0.507 e. The first kappa shape index (κ1) is 20.0. The summed E-state index contributed by atoms with van der Waals surface area (Å²) in [5.41, 5.74) is 4.95. The number of rotatable bonds is 6. The van der Waals surface area contributed by atoms with Crippen molar-refractivity contribution in [1.29, 1.82) is 0 Å². The number of aromatic hydroxyl groups is 1. The first-order valence-corrected chi connectivity index (χ1v) is 9.99. The number of β-amino-alcohol motifs (C(OH)–C–C–N with tert-alkyl or cyclic N) is 1. The van der Waals surface area contributed by atoms with E-state index < -0.39 is 6.04 Å². The molecule has 30 heavy (non-hydrogen) atoms. The SMILES string of the molecule is CCOc1ccc(C2c3c(-c4c(C)cc(C)cc4O)n[nH]c3C(=O)N2CCO)cc1. The van der Waals surface area contributed by atoms with E-state index in [-0.39, 0.29) is 24.8 Å². The molecule has 1 atom stereocenters. The number of aryl methyl sites for hydroxylation is 2. The predicted octanol–water partition coefficient (Wildman–Crippen LogP) is 3.34. The van der Waals surface area contributed by atoms with Crippen molar-refractivity contribution < 1.29 is 19.7 Å². The monoisotopic (exact) mass is 407 g/mol. The molecule has 0 radical (unpaired) electrons. The van der Waals surface area contributed by atoms with E-state index in [0.29, 0.717) is 29.1 Å². The Morgan fingerprint density at radius 2 is 1.93 bits per heavy atom. The van der Waals surface area contributed by atoms with E-state index in [1.54, 1.807) is 11.0 Å². The average molecular weight is 407 g/mol. The molecule has 0 fully saturated rings. The molecular formula is C23H25N3O4. The van der Waals surface area contributed by atoms with Crippen molar-refractivity contribution in [3.63, 3.8) is 0 Å². The second-order valence-corrected chi connectivity index (χ2v) is 7.46. The minimum Gasteiger partial charge on any atom is -0.507 e. The number of aliphatic hydroxyl groups is 1. The molecule has 0 bridgehead atoms. The van der Waals surface area contributed by atoms with Gasteiger partial charge in [-0.05, 0) is 55.7 Å². The van der Waals surface area contributed by atoms with Crippen molar-refractivity contribution in [3.05, 3.63) is 64.3 Å². The van der Waals surface area contributed by atoms with Crippen LogP contribution in [0, 0.1) is 13.8 Å². The van der Waals surface area contributed by atoms with E-state index >= 15 is 0 Å². The number of aromatic amines is 1. The van der Waals surface area contributed by atoms with Crippen LogP contribution in [-0.4, -0.2) is 51.0 Å². The summed E-state index contributed by atoms with van der Waals surface area (Å²) < 4.78 is 5.54. The summed E-state index contributed by atoms with van der Waals surface area (Å²) in [7, 11) is 0. The van der Waals surface area contributed by atoms with Crippen LogP contribution in [0.25, 0.3) is 11.3 Å². The summed E-state index contributed by atoms with van der Waals surface area (Å²) in [6, 6.07) is 10.8. The number of phenols is 1. The Morgan fingerprint density at radius 3 is 2.57 bits per heavy atom. The lowest BCUT2D eigenvalue weighted by Gasteiger charge is -2.26. The number of nitrogens with one attached hydrogen (secondary N) is 1. The van der Waals surface area contributed by atoms with E-state index in [1.807, 2.05) is 51.1 Å². The third-order valence-electron chi connectivity index (χ3n) is 5.41. The lowest BCUT2D eigenvalue weighted by molar-refractivity contribution is 0.0706. The highest BCUT2D eigenvalue weighted by atomic mass is 16.5. The highest BCUT2D eigenvalue weighted by molar-refractivity contribution is 6.00. The molecule has 2 aromatic carbocycles. The van der Waals surface area contributed by atoms with Crippen LogP contribution < -0.4 is 4.74 Å². The number of hydrogen-bond donors (Lipinski definition) is 3. The minimum atomic E-state index is -0.427. The number of ether oxygens (including phenoxy) is 1. The maximum Gasteiger partial charge on any atom is 0.273 e. The highest BCUT2D eigenvalue weighted by Crippen LogP contribution is 2.45. The standard InChI is InChI=1S/C23H25N3O4/c1-4-30-16-7-5-15(6-8-16)22-19-20(18-14(3)11-13(2)12-17(18)28)24-25-21(19)23(29)26(22)9-10-27/h5-8,11-12,22,27-28H,4,9-10H2,1-3H3,(H,24,25). The molecule has 7 heteroatoms.